The molecule has 7 nitrogen and oxygen atoms in total. The first-order valence-electron chi connectivity index (χ1n) is 9.93. The first-order chi connectivity index (χ1) is 15.0. The van der Waals surface area contributed by atoms with E-state index >= 15 is 0 Å². The van der Waals surface area contributed by atoms with Gasteiger partial charge in [-0.25, -0.2) is 0 Å². The molecule has 0 spiro atoms. The van der Waals surface area contributed by atoms with Gasteiger partial charge in [0.05, 0.1) is 7.11 Å². The van der Waals surface area contributed by atoms with Gasteiger partial charge in [-0.1, -0.05) is 12.1 Å². The number of methoxy groups -OCH3 is 1. The summed E-state index contributed by atoms with van der Waals surface area (Å²) in [6.07, 6.45) is 3.14. The minimum absolute atomic E-state index is 0.0369. The van der Waals surface area contributed by atoms with Gasteiger partial charge in [0, 0.05) is 18.7 Å². The van der Waals surface area contributed by atoms with E-state index in [4.69, 9.17) is 19.5 Å². The van der Waals surface area contributed by atoms with Crippen LogP contribution in [0.3, 0.4) is 0 Å². The summed E-state index contributed by atoms with van der Waals surface area (Å²) in [5.74, 6) is 1.22. The van der Waals surface area contributed by atoms with E-state index in [0.29, 0.717) is 35.9 Å². The second-order valence-corrected chi connectivity index (χ2v) is 6.43. The molecule has 0 fully saturated rings. The van der Waals surface area contributed by atoms with E-state index in [1.807, 2.05) is 19.9 Å². The van der Waals surface area contributed by atoms with Crippen LogP contribution in [0.2, 0.25) is 0 Å². The maximum absolute atomic E-state index is 12.4. The van der Waals surface area contributed by atoms with E-state index in [-0.39, 0.29) is 24.9 Å². The van der Waals surface area contributed by atoms with E-state index in [1.165, 1.54) is 13.2 Å². The van der Waals surface area contributed by atoms with Crippen LogP contribution in [0.15, 0.2) is 48.5 Å². The van der Waals surface area contributed by atoms with E-state index in [9.17, 15) is 9.59 Å². The van der Waals surface area contributed by atoms with E-state index < -0.39 is 0 Å². The number of amides is 1. The smallest absolute Gasteiger partial charge is 0.260 e. The van der Waals surface area contributed by atoms with Crippen molar-refractivity contribution in [1.82, 2.24) is 4.90 Å². The summed E-state index contributed by atoms with van der Waals surface area (Å²) in [7, 11) is 1.51. The molecule has 0 N–H and O–H groups in total. The molecule has 2 aromatic carbocycles. The van der Waals surface area contributed by atoms with Crippen LogP contribution in [0, 0.1) is 11.3 Å². The second kappa shape index (κ2) is 12.0. The van der Waals surface area contributed by atoms with Crippen LogP contribution in [0.1, 0.15) is 29.8 Å². The molecule has 0 bridgehead atoms. The minimum Gasteiger partial charge on any atom is -0.493 e. The van der Waals surface area contributed by atoms with Gasteiger partial charge in [-0.3, -0.25) is 9.59 Å². The van der Waals surface area contributed by atoms with Gasteiger partial charge in [0.15, 0.2) is 30.5 Å². The number of hydrogen-bond acceptors (Lipinski definition) is 6. The van der Waals surface area contributed by atoms with Crippen LogP contribution in [0.25, 0.3) is 6.08 Å². The van der Waals surface area contributed by atoms with Crippen LogP contribution >= 0.6 is 0 Å². The first kappa shape index (κ1) is 23.5. The van der Waals surface area contributed by atoms with Crippen molar-refractivity contribution in [3.63, 3.8) is 0 Å². The molecular formula is C24H26N2O5. The number of carbonyl (C=O) groups is 2. The predicted octanol–water partition coefficient (Wildman–Crippen LogP) is 3.74. The third-order valence-corrected chi connectivity index (χ3v) is 4.52. The number of benzene rings is 2. The molecule has 0 atom stereocenters. The average Bonchev–Trinajstić information content (AvgIpc) is 2.81. The zero-order chi connectivity index (χ0) is 22.6. The lowest BCUT2D eigenvalue weighted by Crippen LogP contribution is -2.34. The number of ether oxygens (including phenoxy) is 3. The Kier molecular flexibility index (Phi) is 9.12. The zero-order valence-corrected chi connectivity index (χ0v) is 18.0. The molecule has 1 amide bonds. The molecule has 0 aliphatic rings. The van der Waals surface area contributed by atoms with Crippen molar-refractivity contribution in [2.45, 2.75) is 13.8 Å². The highest BCUT2D eigenvalue weighted by molar-refractivity contribution is 6.06. The van der Waals surface area contributed by atoms with Crippen molar-refractivity contribution >= 4 is 17.8 Å². The topological polar surface area (TPSA) is 88.9 Å². The van der Waals surface area contributed by atoms with E-state index in [1.54, 1.807) is 53.4 Å². The van der Waals surface area contributed by atoms with Crippen molar-refractivity contribution in [2.75, 3.05) is 33.4 Å². The summed E-state index contributed by atoms with van der Waals surface area (Å²) < 4.78 is 16.1. The van der Waals surface area contributed by atoms with E-state index in [0.717, 1.165) is 5.56 Å². The fourth-order valence-corrected chi connectivity index (χ4v) is 2.81. The number of allylic oxidation sites excluding steroid dienone is 1. The lowest BCUT2D eigenvalue weighted by atomic mass is 10.1. The Morgan fingerprint density at radius 3 is 2.35 bits per heavy atom. The molecule has 0 unspecified atom stereocenters. The van der Waals surface area contributed by atoms with E-state index in [2.05, 4.69) is 0 Å². The molecule has 0 saturated carbocycles. The highest BCUT2D eigenvalue weighted by Crippen LogP contribution is 2.28. The van der Waals surface area contributed by atoms with Gasteiger partial charge in [-0.15, -0.1) is 0 Å². The monoisotopic (exact) mass is 422 g/mol. The third-order valence-electron chi connectivity index (χ3n) is 4.52. The van der Waals surface area contributed by atoms with Crippen molar-refractivity contribution in [3.05, 3.63) is 59.7 Å². The standard InChI is InChI=1S/C24H26N2O5/c1-4-26(5-2)24(28)17-31-20-10-8-19(9-11-20)21(27)12-6-18-7-13-22(30-15-14-25)23(16-18)29-3/h6-13,16H,4-5,15,17H2,1-3H3/b12-6+. The fraction of sp³-hybridized carbons (Fsp3) is 0.292. The quantitative estimate of drug-likeness (QED) is 0.405. The summed E-state index contributed by atoms with van der Waals surface area (Å²) >= 11 is 0. The Morgan fingerprint density at radius 2 is 1.74 bits per heavy atom. The lowest BCUT2D eigenvalue weighted by Gasteiger charge is -2.18. The van der Waals surface area contributed by atoms with Crippen LogP contribution in [0.4, 0.5) is 0 Å². The average molecular weight is 422 g/mol. The van der Waals surface area contributed by atoms with Gasteiger partial charge in [0.1, 0.15) is 11.8 Å². The molecule has 7 heteroatoms. The van der Waals surface area contributed by atoms with Gasteiger partial charge in [-0.05, 0) is 61.9 Å². The molecule has 0 aromatic heterocycles. The van der Waals surface area contributed by atoms with Crippen LogP contribution in [0.5, 0.6) is 17.2 Å². The van der Waals surface area contributed by atoms with Crippen LogP contribution in [-0.2, 0) is 4.79 Å². The molecule has 0 aliphatic carbocycles. The Hall–Kier alpha value is -3.79. The van der Waals surface area contributed by atoms with Gasteiger partial charge < -0.3 is 19.1 Å². The third kappa shape index (κ3) is 6.89. The Morgan fingerprint density at radius 1 is 1.03 bits per heavy atom. The minimum atomic E-state index is -0.172. The lowest BCUT2D eigenvalue weighted by molar-refractivity contribution is -0.132. The van der Waals surface area contributed by atoms with Crippen LogP contribution in [-0.4, -0.2) is 50.0 Å². The number of nitriles is 1. The molecular weight excluding hydrogens is 396 g/mol. The SMILES string of the molecule is CCN(CC)C(=O)COc1ccc(C(=O)/C=C/c2ccc(OCC#N)c(OC)c2)cc1. The van der Waals surface area contributed by atoms with Crippen molar-refractivity contribution in [2.24, 2.45) is 0 Å². The number of carbonyl (C=O) groups excluding carboxylic acids is 2. The number of ketones is 1. The molecule has 0 radical (unpaired) electrons. The molecule has 0 saturated heterocycles. The molecule has 2 rings (SSSR count). The van der Waals surface area contributed by atoms with Gasteiger partial charge in [0.2, 0.25) is 0 Å². The summed E-state index contributed by atoms with van der Waals surface area (Å²) in [6.45, 7) is 5.00. The summed E-state index contributed by atoms with van der Waals surface area (Å²) in [5.41, 5.74) is 1.25. The van der Waals surface area contributed by atoms with Crippen LogP contribution < -0.4 is 14.2 Å². The number of rotatable bonds is 11. The maximum atomic E-state index is 12.4. The Labute approximate surface area is 182 Å². The number of hydrogen-bond donors (Lipinski definition) is 0. The Balaban J connectivity index is 1.98. The second-order valence-electron chi connectivity index (χ2n) is 6.43. The normalized spacial score (nSPS) is 10.4. The number of nitrogens with zero attached hydrogens (tertiary/aromatic N) is 2. The van der Waals surface area contributed by atoms with Gasteiger partial charge >= 0.3 is 0 Å². The highest BCUT2D eigenvalue weighted by Gasteiger charge is 2.10. The number of likely N-dealkylation sites (N-methyl/N-ethyl adjacent to an activating group) is 1. The summed E-state index contributed by atoms with van der Waals surface area (Å²) in [4.78, 5) is 26.1. The molecule has 0 heterocycles. The van der Waals surface area contributed by atoms with Crippen molar-refractivity contribution < 1.29 is 23.8 Å². The molecule has 0 aliphatic heterocycles. The Bertz CT molecular complexity index is 957. The molecule has 2 aromatic rings. The molecule has 31 heavy (non-hydrogen) atoms. The largest absolute Gasteiger partial charge is 0.493 e. The van der Waals surface area contributed by atoms with Gasteiger partial charge in [0.25, 0.3) is 5.91 Å². The predicted molar refractivity (Wildman–Crippen MR) is 117 cm³/mol. The molecule has 162 valence electrons. The fourth-order valence-electron chi connectivity index (χ4n) is 2.81. The van der Waals surface area contributed by atoms with Crippen molar-refractivity contribution in [1.29, 1.82) is 5.26 Å². The zero-order valence-electron chi connectivity index (χ0n) is 18.0. The van der Waals surface area contributed by atoms with Crippen molar-refractivity contribution in [3.8, 4) is 23.3 Å². The summed E-state index contributed by atoms with van der Waals surface area (Å²) in [5, 5.41) is 8.62. The maximum Gasteiger partial charge on any atom is 0.260 e. The highest BCUT2D eigenvalue weighted by atomic mass is 16.5. The first-order valence-corrected chi connectivity index (χ1v) is 9.93. The summed E-state index contributed by atoms with van der Waals surface area (Å²) in [6, 6.07) is 13.7. The van der Waals surface area contributed by atoms with Gasteiger partial charge in [-0.2, -0.15) is 5.26 Å².